The van der Waals surface area contributed by atoms with Crippen molar-refractivity contribution in [1.82, 2.24) is 0 Å². The number of hydrogen-bond donors (Lipinski definition) is 1. The van der Waals surface area contributed by atoms with Crippen LogP contribution in [0.4, 0.5) is 4.39 Å². The predicted molar refractivity (Wildman–Crippen MR) is 101 cm³/mol. The third-order valence-corrected chi connectivity index (χ3v) is 5.32. The standard InChI is InChI=1S/C22H29FO2/c1-4-22(2,19-9-13-21(25-3)14-10-19)15-18(16-24)6-5-17-7-11-20(23)12-8-17/h7-14,18,24H,4-6,15-16H2,1-3H3. The summed E-state index contributed by atoms with van der Waals surface area (Å²) in [7, 11) is 1.67. The largest absolute Gasteiger partial charge is 0.497 e. The fourth-order valence-corrected chi connectivity index (χ4v) is 3.38. The number of benzene rings is 2. The summed E-state index contributed by atoms with van der Waals surface area (Å²) in [5.74, 6) is 0.870. The molecule has 0 aliphatic carbocycles. The summed E-state index contributed by atoms with van der Waals surface area (Å²) < 4.78 is 18.3. The highest BCUT2D eigenvalue weighted by molar-refractivity contribution is 5.32. The van der Waals surface area contributed by atoms with Crippen LogP contribution in [0.2, 0.25) is 0 Å². The van der Waals surface area contributed by atoms with E-state index in [0.717, 1.165) is 37.0 Å². The summed E-state index contributed by atoms with van der Waals surface area (Å²) in [6.07, 6.45) is 3.68. The smallest absolute Gasteiger partial charge is 0.123 e. The van der Waals surface area contributed by atoms with Gasteiger partial charge in [-0.15, -0.1) is 0 Å². The van der Waals surface area contributed by atoms with E-state index < -0.39 is 0 Å². The lowest BCUT2D eigenvalue weighted by molar-refractivity contribution is 0.182. The Morgan fingerprint density at radius 2 is 1.72 bits per heavy atom. The maximum atomic E-state index is 13.0. The Morgan fingerprint density at radius 3 is 2.24 bits per heavy atom. The van der Waals surface area contributed by atoms with E-state index in [-0.39, 0.29) is 23.8 Å². The molecule has 0 amide bonds. The first kappa shape index (κ1) is 19.5. The van der Waals surface area contributed by atoms with Crippen LogP contribution >= 0.6 is 0 Å². The minimum atomic E-state index is -0.208. The van der Waals surface area contributed by atoms with Crippen molar-refractivity contribution in [3.63, 3.8) is 0 Å². The molecule has 1 N–H and O–H groups in total. The van der Waals surface area contributed by atoms with E-state index in [4.69, 9.17) is 4.74 Å². The van der Waals surface area contributed by atoms with Crippen molar-refractivity contribution < 1.29 is 14.2 Å². The molecule has 136 valence electrons. The molecule has 0 radical (unpaired) electrons. The lowest BCUT2D eigenvalue weighted by atomic mass is 9.72. The van der Waals surface area contributed by atoms with Crippen molar-refractivity contribution in [1.29, 1.82) is 0 Å². The van der Waals surface area contributed by atoms with Gasteiger partial charge in [0.15, 0.2) is 0 Å². The normalized spacial score (nSPS) is 14.8. The van der Waals surface area contributed by atoms with Gasteiger partial charge in [-0.25, -0.2) is 4.39 Å². The van der Waals surface area contributed by atoms with E-state index in [1.54, 1.807) is 7.11 Å². The van der Waals surface area contributed by atoms with E-state index in [0.29, 0.717) is 0 Å². The van der Waals surface area contributed by atoms with Crippen molar-refractivity contribution >= 4 is 0 Å². The summed E-state index contributed by atoms with van der Waals surface area (Å²) in [5, 5.41) is 9.86. The van der Waals surface area contributed by atoms with Gasteiger partial charge in [-0.05, 0) is 72.4 Å². The molecule has 2 unspecified atom stereocenters. The number of methoxy groups -OCH3 is 1. The van der Waals surface area contributed by atoms with Crippen LogP contribution in [0.25, 0.3) is 0 Å². The molecule has 0 aliphatic rings. The molecule has 0 spiro atoms. The van der Waals surface area contributed by atoms with Crippen LogP contribution in [0, 0.1) is 11.7 Å². The summed E-state index contributed by atoms with van der Waals surface area (Å²) >= 11 is 0. The first-order valence-electron chi connectivity index (χ1n) is 9.00. The average molecular weight is 344 g/mol. The average Bonchev–Trinajstić information content (AvgIpc) is 2.66. The van der Waals surface area contributed by atoms with Crippen LogP contribution in [0.15, 0.2) is 48.5 Å². The van der Waals surface area contributed by atoms with Crippen molar-refractivity contribution in [2.24, 2.45) is 5.92 Å². The third-order valence-electron chi connectivity index (χ3n) is 5.32. The Labute approximate surface area is 150 Å². The molecule has 0 aromatic heterocycles. The van der Waals surface area contributed by atoms with Crippen LogP contribution in [-0.2, 0) is 11.8 Å². The quantitative estimate of drug-likeness (QED) is 0.683. The van der Waals surface area contributed by atoms with Gasteiger partial charge in [0.25, 0.3) is 0 Å². The van der Waals surface area contributed by atoms with E-state index in [1.165, 1.54) is 17.7 Å². The molecule has 0 saturated heterocycles. The second kappa shape index (κ2) is 9.00. The maximum absolute atomic E-state index is 13.0. The molecule has 0 heterocycles. The van der Waals surface area contributed by atoms with Crippen LogP contribution in [-0.4, -0.2) is 18.8 Å². The maximum Gasteiger partial charge on any atom is 0.123 e. The molecule has 0 fully saturated rings. The van der Waals surface area contributed by atoms with E-state index in [2.05, 4.69) is 26.0 Å². The lowest BCUT2D eigenvalue weighted by Gasteiger charge is -2.33. The monoisotopic (exact) mass is 344 g/mol. The van der Waals surface area contributed by atoms with Gasteiger partial charge >= 0.3 is 0 Å². The molecular formula is C22H29FO2. The van der Waals surface area contributed by atoms with Crippen LogP contribution in [0.1, 0.15) is 44.2 Å². The molecule has 0 saturated carbocycles. The SMILES string of the molecule is CCC(C)(CC(CO)CCc1ccc(F)cc1)c1ccc(OC)cc1. The number of halogens is 1. The number of aliphatic hydroxyl groups excluding tert-OH is 1. The van der Waals surface area contributed by atoms with Crippen molar-refractivity contribution in [2.75, 3.05) is 13.7 Å². The highest BCUT2D eigenvalue weighted by Gasteiger charge is 2.28. The second-order valence-electron chi connectivity index (χ2n) is 7.06. The minimum absolute atomic E-state index is 0.0163. The zero-order valence-corrected chi connectivity index (χ0v) is 15.5. The van der Waals surface area contributed by atoms with Crippen molar-refractivity contribution in [3.8, 4) is 5.75 Å². The molecule has 3 heteroatoms. The number of aliphatic hydroxyl groups is 1. The topological polar surface area (TPSA) is 29.5 Å². The first-order chi connectivity index (χ1) is 12.0. The summed E-state index contributed by atoms with van der Waals surface area (Å²) in [6, 6.07) is 14.9. The number of rotatable bonds is 9. The minimum Gasteiger partial charge on any atom is -0.497 e. The Balaban J connectivity index is 2.03. The zero-order chi connectivity index (χ0) is 18.3. The van der Waals surface area contributed by atoms with Gasteiger partial charge in [-0.3, -0.25) is 0 Å². The van der Waals surface area contributed by atoms with Crippen LogP contribution in [0.3, 0.4) is 0 Å². The van der Waals surface area contributed by atoms with Crippen molar-refractivity contribution in [2.45, 2.75) is 44.9 Å². The molecule has 0 bridgehead atoms. The van der Waals surface area contributed by atoms with E-state index in [9.17, 15) is 9.50 Å². The fraction of sp³-hybridized carbons (Fsp3) is 0.455. The molecule has 2 nitrogen and oxygen atoms in total. The highest BCUT2D eigenvalue weighted by Crippen LogP contribution is 2.36. The van der Waals surface area contributed by atoms with Gasteiger partial charge in [0, 0.05) is 6.61 Å². The fourth-order valence-electron chi connectivity index (χ4n) is 3.38. The Morgan fingerprint density at radius 1 is 1.08 bits per heavy atom. The van der Waals surface area contributed by atoms with Gasteiger partial charge in [0.2, 0.25) is 0 Å². The molecule has 2 aromatic carbocycles. The highest BCUT2D eigenvalue weighted by atomic mass is 19.1. The second-order valence-corrected chi connectivity index (χ2v) is 7.06. The predicted octanol–water partition coefficient (Wildman–Crippen LogP) is 5.13. The van der Waals surface area contributed by atoms with E-state index in [1.807, 2.05) is 24.3 Å². The van der Waals surface area contributed by atoms with Gasteiger partial charge < -0.3 is 9.84 Å². The van der Waals surface area contributed by atoms with Gasteiger partial charge in [-0.2, -0.15) is 0 Å². The zero-order valence-electron chi connectivity index (χ0n) is 15.5. The number of ether oxygens (including phenoxy) is 1. The molecule has 2 rings (SSSR count). The van der Waals surface area contributed by atoms with Gasteiger partial charge in [0.05, 0.1) is 7.11 Å². The Bertz CT molecular complexity index is 636. The van der Waals surface area contributed by atoms with Gasteiger partial charge in [-0.1, -0.05) is 38.1 Å². The summed E-state index contributed by atoms with van der Waals surface area (Å²) in [6.45, 7) is 4.63. The number of hydrogen-bond acceptors (Lipinski definition) is 2. The molecule has 2 atom stereocenters. The first-order valence-corrected chi connectivity index (χ1v) is 9.00. The third kappa shape index (κ3) is 5.30. The Kier molecular flexibility index (Phi) is 7.01. The summed E-state index contributed by atoms with van der Waals surface area (Å²) in [4.78, 5) is 0. The molecule has 25 heavy (non-hydrogen) atoms. The lowest BCUT2D eigenvalue weighted by Crippen LogP contribution is -2.26. The molecule has 2 aromatic rings. The van der Waals surface area contributed by atoms with Gasteiger partial charge in [0.1, 0.15) is 11.6 Å². The van der Waals surface area contributed by atoms with Crippen LogP contribution in [0.5, 0.6) is 5.75 Å². The van der Waals surface area contributed by atoms with Crippen molar-refractivity contribution in [3.05, 3.63) is 65.5 Å². The molecular weight excluding hydrogens is 315 g/mol. The van der Waals surface area contributed by atoms with E-state index >= 15 is 0 Å². The molecule has 0 aliphatic heterocycles. The van der Waals surface area contributed by atoms with Crippen LogP contribution < -0.4 is 4.74 Å². The summed E-state index contributed by atoms with van der Waals surface area (Å²) in [5.41, 5.74) is 2.40. The Hall–Kier alpha value is -1.87. The number of aryl methyl sites for hydroxylation is 1.